The summed E-state index contributed by atoms with van der Waals surface area (Å²) in [6.45, 7) is 3.09. The van der Waals surface area contributed by atoms with Crippen LogP contribution in [0, 0.1) is 5.92 Å². The van der Waals surface area contributed by atoms with Gasteiger partial charge in [-0.1, -0.05) is 36.4 Å². The lowest BCUT2D eigenvalue weighted by Gasteiger charge is -2.37. The lowest BCUT2D eigenvalue weighted by Crippen LogP contribution is -2.51. The molecule has 2 heterocycles. The molecule has 1 unspecified atom stereocenters. The molecule has 26 heavy (non-hydrogen) atoms. The first-order valence-corrected chi connectivity index (χ1v) is 9.36. The first-order chi connectivity index (χ1) is 12.8. The molecule has 1 aromatic heterocycles. The number of hydrogen-bond donors (Lipinski definition) is 0. The van der Waals surface area contributed by atoms with Crippen LogP contribution in [-0.2, 0) is 4.79 Å². The van der Waals surface area contributed by atoms with E-state index in [1.165, 1.54) is 11.1 Å². The highest BCUT2D eigenvalue weighted by atomic mass is 16.2. The lowest BCUT2D eigenvalue weighted by atomic mass is 9.84. The summed E-state index contributed by atoms with van der Waals surface area (Å²) in [6, 6.07) is 12.3. The summed E-state index contributed by atoms with van der Waals surface area (Å²) in [5.41, 5.74) is 2.56. The fourth-order valence-corrected chi connectivity index (χ4v) is 3.85. The molecule has 1 aromatic carbocycles. The second-order valence-corrected chi connectivity index (χ2v) is 6.93. The Labute approximate surface area is 154 Å². The minimum Gasteiger partial charge on any atom is -0.339 e. The Kier molecular flexibility index (Phi) is 4.95. The number of hydrogen-bond acceptors (Lipinski definition) is 4. The molecule has 0 bridgehead atoms. The second kappa shape index (κ2) is 7.68. The number of amides is 1. The summed E-state index contributed by atoms with van der Waals surface area (Å²) in [7, 11) is 0. The van der Waals surface area contributed by atoms with Gasteiger partial charge >= 0.3 is 0 Å². The normalized spacial score (nSPS) is 20.6. The zero-order valence-electron chi connectivity index (χ0n) is 14.9. The van der Waals surface area contributed by atoms with Gasteiger partial charge in [-0.25, -0.2) is 9.97 Å². The zero-order valence-corrected chi connectivity index (χ0v) is 14.9. The standard InChI is InChI=1S/C21H24N4O/c26-20(19-9-4-8-18(16-19)17-6-2-1-3-7-17)24-12-14-25(15-13-24)21-22-10-5-11-23-21/h1-3,5-8,10-11,19H,4,9,12-16H2. The molecule has 0 N–H and O–H groups in total. The van der Waals surface area contributed by atoms with Crippen LogP contribution in [0.2, 0.25) is 0 Å². The van der Waals surface area contributed by atoms with Crippen LogP contribution in [0.1, 0.15) is 24.8 Å². The largest absolute Gasteiger partial charge is 0.339 e. The number of carbonyl (C=O) groups is 1. The molecule has 1 amide bonds. The number of nitrogens with zero attached hydrogens (tertiary/aromatic N) is 4. The van der Waals surface area contributed by atoms with Crippen LogP contribution in [-0.4, -0.2) is 47.0 Å². The van der Waals surface area contributed by atoms with Gasteiger partial charge < -0.3 is 9.80 Å². The highest BCUT2D eigenvalue weighted by Gasteiger charge is 2.30. The molecule has 2 aromatic rings. The van der Waals surface area contributed by atoms with E-state index in [4.69, 9.17) is 0 Å². The average Bonchev–Trinajstić information content (AvgIpc) is 2.75. The molecule has 1 atom stereocenters. The van der Waals surface area contributed by atoms with E-state index in [0.717, 1.165) is 51.4 Å². The van der Waals surface area contributed by atoms with Gasteiger partial charge in [0.1, 0.15) is 0 Å². The summed E-state index contributed by atoms with van der Waals surface area (Å²) < 4.78 is 0. The molecule has 0 radical (unpaired) electrons. The fourth-order valence-electron chi connectivity index (χ4n) is 3.85. The Bertz CT molecular complexity index is 767. The SMILES string of the molecule is O=C(C1CCC=C(c2ccccc2)C1)N1CCN(c2ncccn2)CC1. The van der Waals surface area contributed by atoms with Gasteiger partial charge in [0.25, 0.3) is 0 Å². The van der Waals surface area contributed by atoms with Gasteiger partial charge in [-0.3, -0.25) is 4.79 Å². The maximum absolute atomic E-state index is 13.0. The number of piperazine rings is 1. The minimum absolute atomic E-state index is 0.106. The predicted octanol–water partition coefficient (Wildman–Crippen LogP) is 3.01. The molecule has 4 rings (SSSR count). The van der Waals surface area contributed by atoms with E-state index < -0.39 is 0 Å². The highest BCUT2D eigenvalue weighted by molar-refractivity contribution is 5.82. The van der Waals surface area contributed by atoms with Gasteiger partial charge in [-0.2, -0.15) is 0 Å². The molecular weight excluding hydrogens is 324 g/mol. The first-order valence-electron chi connectivity index (χ1n) is 9.36. The molecule has 1 saturated heterocycles. The van der Waals surface area contributed by atoms with Gasteiger partial charge in [0.05, 0.1) is 0 Å². The van der Waals surface area contributed by atoms with Crippen LogP contribution < -0.4 is 4.90 Å². The molecule has 1 aliphatic heterocycles. The van der Waals surface area contributed by atoms with Gasteiger partial charge in [0, 0.05) is 44.5 Å². The van der Waals surface area contributed by atoms with E-state index in [1.54, 1.807) is 12.4 Å². The topological polar surface area (TPSA) is 49.3 Å². The summed E-state index contributed by atoms with van der Waals surface area (Å²) in [5, 5.41) is 0. The van der Waals surface area contributed by atoms with Crippen molar-refractivity contribution in [3.05, 3.63) is 60.4 Å². The number of aromatic nitrogens is 2. The van der Waals surface area contributed by atoms with Crippen LogP contribution in [0.3, 0.4) is 0 Å². The van der Waals surface area contributed by atoms with E-state index in [9.17, 15) is 4.79 Å². The van der Waals surface area contributed by atoms with E-state index in [0.29, 0.717) is 5.91 Å². The molecular formula is C21H24N4O. The Morgan fingerprint density at radius 1 is 0.962 bits per heavy atom. The Balaban J connectivity index is 1.36. The predicted molar refractivity (Wildman–Crippen MR) is 103 cm³/mol. The van der Waals surface area contributed by atoms with E-state index in [2.05, 4.69) is 45.2 Å². The molecule has 5 nitrogen and oxygen atoms in total. The van der Waals surface area contributed by atoms with Crippen molar-refractivity contribution < 1.29 is 4.79 Å². The van der Waals surface area contributed by atoms with Crippen LogP contribution in [0.25, 0.3) is 5.57 Å². The summed E-state index contributed by atoms with van der Waals surface area (Å²) in [4.78, 5) is 25.8. The van der Waals surface area contributed by atoms with E-state index in [1.807, 2.05) is 17.0 Å². The Hall–Kier alpha value is -2.69. The summed E-state index contributed by atoms with van der Waals surface area (Å²) in [6.07, 6.45) is 8.61. The van der Waals surface area contributed by atoms with Crippen molar-refractivity contribution >= 4 is 17.4 Å². The summed E-state index contributed by atoms with van der Waals surface area (Å²) >= 11 is 0. The molecule has 5 heteroatoms. The van der Waals surface area contributed by atoms with Crippen molar-refractivity contribution in [2.24, 2.45) is 5.92 Å². The van der Waals surface area contributed by atoms with E-state index >= 15 is 0 Å². The van der Waals surface area contributed by atoms with Crippen molar-refractivity contribution in [2.45, 2.75) is 19.3 Å². The average molecular weight is 348 g/mol. The number of carbonyl (C=O) groups excluding carboxylic acids is 1. The molecule has 0 spiro atoms. The molecule has 134 valence electrons. The minimum atomic E-state index is 0.106. The van der Waals surface area contributed by atoms with Gasteiger partial charge in [-0.15, -0.1) is 0 Å². The van der Waals surface area contributed by atoms with E-state index in [-0.39, 0.29) is 5.92 Å². The Morgan fingerprint density at radius 2 is 1.69 bits per heavy atom. The lowest BCUT2D eigenvalue weighted by molar-refractivity contribution is -0.136. The van der Waals surface area contributed by atoms with Crippen molar-refractivity contribution in [2.75, 3.05) is 31.1 Å². The maximum atomic E-state index is 13.0. The first kappa shape index (κ1) is 16.8. The molecule has 1 aliphatic carbocycles. The number of rotatable bonds is 3. The van der Waals surface area contributed by atoms with Crippen molar-refractivity contribution in [1.29, 1.82) is 0 Å². The zero-order chi connectivity index (χ0) is 17.8. The van der Waals surface area contributed by atoms with Crippen LogP contribution >= 0.6 is 0 Å². The smallest absolute Gasteiger partial charge is 0.226 e. The third-order valence-electron chi connectivity index (χ3n) is 5.29. The van der Waals surface area contributed by atoms with Crippen LogP contribution in [0.5, 0.6) is 0 Å². The monoisotopic (exact) mass is 348 g/mol. The number of allylic oxidation sites excluding steroid dienone is 2. The summed E-state index contributed by atoms with van der Waals surface area (Å²) in [5.74, 6) is 1.17. The van der Waals surface area contributed by atoms with Gasteiger partial charge in [0.2, 0.25) is 11.9 Å². The van der Waals surface area contributed by atoms with Crippen LogP contribution in [0.15, 0.2) is 54.9 Å². The van der Waals surface area contributed by atoms with Gasteiger partial charge in [0.15, 0.2) is 0 Å². The van der Waals surface area contributed by atoms with Crippen molar-refractivity contribution in [1.82, 2.24) is 14.9 Å². The fraction of sp³-hybridized carbons (Fsp3) is 0.381. The highest BCUT2D eigenvalue weighted by Crippen LogP contribution is 2.32. The Morgan fingerprint density at radius 3 is 2.42 bits per heavy atom. The van der Waals surface area contributed by atoms with Crippen LogP contribution in [0.4, 0.5) is 5.95 Å². The number of benzene rings is 1. The van der Waals surface area contributed by atoms with Crippen molar-refractivity contribution in [3.8, 4) is 0 Å². The quantitative estimate of drug-likeness (QED) is 0.856. The van der Waals surface area contributed by atoms with Gasteiger partial charge in [-0.05, 0) is 36.5 Å². The third kappa shape index (κ3) is 3.62. The number of anilines is 1. The maximum Gasteiger partial charge on any atom is 0.226 e. The molecule has 1 fully saturated rings. The third-order valence-corrected chi connectivity index (χ3v) is 5.29. The molecule has 0 saturated carbocycles. The van der Waals surface area contributed by atoms with Crippen molar-refractivity contribution in [3.63, 3.8) is 0 Å². The second-order valence-electron chi connectivity index (χ2n) is 6.93. The molecule has 2 aliphatic rings.